The van der Waals surface area contributed by atoms with Gasteiger partial charge in [-0.1, -0.05) is 18.9 Å². The molecule has 0 amide bonds. The van der Waals surface area contributed by atoms with Gasteiger partial charge in [-0.2, -0.15) is 0 Å². The van der Waals surface area contributed by atoms with Gasteiger partial charge in [0.1, 0.15) is 5.75 Å². The summed E-state index contributed by atoms with van der Waals surface area (Å²) in [6.45, 7) is 0.982. The Kier molecular flexibility index (Phi) is 3.11. The van der Waals surface area contributed by atoms with Gasteiger partial charge in [0.15, 0.2) is 0 Å². The number of carboxylic acids is 1. The molecule has 0 unspecified atom stereocenters. The van der Waals surface area contributed by atoms with Crippen molar-refractivity contribution in [1.29, 1.82) is 0 Å². The van der Waals surface area contributed by atoms with Crippen molar-refractivity contribution in [3.63, 3.8) is 0 Å². The minimum atomic E-state index is -0.880. The van der Waals surface area contributed by atoms with Gasteiger partial charge in [-0.3, -0.25) is 4.79 Å². The van der Waals surface area contributed by atoms with Crippen LogP contribution < -0.4 is 4.90 Å². The molecule has 1 heterocycles. The molecule has 0 atom stereocenters. The number of aromatic hydroxyl groups is 1. The Balaban J connectivity index is 2.13. The topological polar surface area (TPSA) is 60.8 Å². The molecule has 0 bridgehead atoms. The quantitative estimate of drug-likeness (QED) is 0.871. The number of hydrogen-bond acceptors (Lipinski definition) is 3. The first-order chi connectivity index (χ1) is 9.56. The number of anilines is 1. The van der Waals surface area contributed by atoms with Crippen molar-refractivity contribution in [2.24, 2.45) is 0 Å². The van der Waals surface area contributed by atoms with E-state index in [1.807, 2.05) is 19.2 Å². The largest absolute Gasteiger partial charge is 0.507 e. The minimum Gasteiger partial charge on any atom is -0.507 e. The molecule has 1 aromatic carbocycles. The number of carboxylic acid groups (broad SMARTS) is 1. The number of phenols is 1. The van der Waals surface area contributed by atoms with Crippen LogP contribution in [-0.2, 0) is 16.6 Å². The lowest BCUT2D eigenvalue weighted by molar-refractivity contribution is -0.143. The molecule has 2 N–H and O–H groups in total. The molecule has 0 radical (unpaired) electrons. The molecule has 4 nitrogen and oxygen atoms in total. The SMILES string of the molecule is CN1CCCc2c1ccc(C1(C(=O)O)CCCC1)c2O. The number of rotatable bonds is 2. The first-order valence-corrected chi connectivity index (χ1v) is 7.36. The highest BCUT2D eigenvalue weighted by Crippen LogP contribution is 2.48. The van der Waals surface area contributed by atoms with Crippen molar-refractivity contribution in [2.45, 2.75) is 43.9 Å². The maximum Gasteiger partial charge on any atom is 0.314 e. The van der Waals surface area contributed by atoms with Gasteiger partial charge in [-0.05, 0) is 31.7 Å². The van der Waals surface area contributed by atoms with Crippen molar-refractivity contribution >= 4 is 11.7 Å². The van der Waals surface area contributed by atoms with Gasteiger partial charge in [0.2, 0.25) is 0 Å². The Morgan fingerprint density at radius 1 is 1.25 bits per heavy atom. The van der Waals surface area contributed by atoms with Crippen LogP contribution in [0.1, 0.15) is 43.2 Å². The predicted molar refractivity (Wildman–Crippen MR) is 77.5 cm³/mol. The van der Waals surface area contributed by atoms with Crippen LogP contribution in [0, 0.1) is 0 Å². The first-order valence-electron chi connectivity index (χ1n) is 7.36. The van der Waals surface area contributed by atoms with Crippen LogP contribution in [0.2, 0.25) is 0 Å². The van der Waals surface area contributed by atoms with E-state index in [-0.39, 0.29) is 5.75 Å². The van der Waals surface area contributed by atoms with Crippen molar-refractivity contribution in [2.75, 3.05) is 18.5 Å². The van der Waals surface area contributed by atoms with Crippen molar-refractivity contribution < 1.29 is 15.0 Å². The molecule has 1 aliphatic heterocycles. The Labute approximate surface area is 119 Å². The maximum absolute atomic E-state index is 11.8. The van der Waals surface area contributed by atoms with Gasteiger partial charge >= 0.3 is 5.97 Å². The van der Waals surface area contributed by atoms with Crippen LogP contribution in [0.25, 0.3) is 0 Å². The Morgan fingerprint density at radius 3 is 2.60 bits per heavy atom. The molecule has 0 spiro atoms. The van der Waals surface area contributed by atoms with Crippen LogP contribution >= 0.6 is 0 Å². The van der Waals surface area contributed by atoms with E-state index < -0.39 is 11.4 Å². The number of fused-ring (bicyclic) bond motifs is 1. The lowest BCUT2D eigenvalue weighted by atomic mass is 9.77. The molecule has 0 saturated heterocycles. The highest BCUT2D eigenvalue weighted by Gasteiger charge is 2.45. The lowest BCUT2D eigenvalue weighted by Crippen LogP contribution is -2.33. The zero-order chi connectivity index (χ0) is 14.3. The predicted octanol–water partition coefficient (Wildman–Crippen LogP) is 2.67. The molecule has 3 rings (SSSR count). The summed E-state index contributed by atoms with van der Waals surface area (Å²) in [5.41, 5.74) is 1.70. The number of aliphatic carboxylic acids is 1. The maximum atomic E-state index is 11.8. The summed E-state index contributed by atoms with van der Waals surface area (Å²) in [6.07, 6.45) is 4.93. The summed E-state index contributed by atoms with van der Waals surface area (Å²) < 4.78 is 0. The van der Waals surface area contributed by atoms with Crippen LogP contribution in [-0.4, -0.2) is 29.8 Å². The summed E-state index contributed by atoms with van der Waals surface area (Å²) in [6, 6.07) is 3.81. The summed E-state index contributed by atoms with van der Waals surface area (Å²) in [5, 5.41) is 20.3. The molecule has 108 valence electrons. The van der Waals surface area contributed by atoms with Gasteiger partial charge in [0.05, 0.1) is 5.41 Å². The van der Waals surface area contributed by atoms with Gasteiger partial charge in [-0.25, -0.2) is 0 Å². The van der Waals surface area contributed by atoms with Crippen LogP contribution in [0.5, 0.6) is 5.75 Å². The van der Waals surface area contributed by atoms with E-state index in [4.69, 9.17) is 0 Å². The summed E-state index contributed by atoms with van der Waals surface area (Å²) in [4.78, 5) is 13.9. The summed E-state index contributed by atoms with van der Waals surface area (Å²) in [5.74, 6) is -0.576. The third-order valence-electron chi connectivity index (χ3n) is 4.97. The molecule has 1 fully saturated rings. The fraction of sp³-hybridized carbons (Fsp3) is 0.562. The van der Waals surface area contributed by atoms with Crippen molar-refractivity contribution in [3.8, 4) is 5.75 Å². The molecular formula is C16H21NO3. The van der Waals surface area contributed by atoms with E-state index in [0.29, 0.717) is 18.4 Å². The third-order valence-corrected chi connectivity index (χ3v) is 4.97. The van der Waals surface area contributed by atoms with Crippen LogP contribution in [0.15, 0.2) is 12.1 Å². The van der Waals surface area contributed by atoms with E-state index in [0.717, 1.165) is 43.5 Å². The second-order valence-electron chi connectivity index (χ2n) is 6.08. The molecule has 20 heavy (non-hydrogen) atoms. The van der Waals surface area contributed by atoms with Gasteiger partial charge in [-0.15, -0.1) is 0 Å². The first kappa shape index (κ1) is 13.3. The van der Waals surface area contributed by atoms with Crippen LogP contribution in [0.3, 0.4) is 0 Å². The fourth-order valence-corrected chi connectivity index (χ4v) is 3.81. The number of carbonyl (C=O) groups is 1. The second-order valence-corrected chi connectivity index (χ2v) is 6.08. The molecular weight excluding hydrogens is 254 g/mol. The number of nitrogens with zero attached hydrogens (tertiary/aromatic N) is 1. The Bertz CT molecular complexity index is 547. The normalized spacial score (nSPS) is 20.8. The molecule has 2 aliphatic rings. The van der Waals surface area contributed by atoms with Gasteiger partial charge in [0, 0.05) is 30.4 Å². The van der Waals surface area contributed by atoms with E-state index in [1.165, 1.54) is 0 Å². The lowest BCUT2D eigenvalue weighted by Gasteiger charge is -2.32. The fourth-order valence-electron chi connectivity index (χ4n) is 3.81. The highest BCUT2D eigenvalue weighted by molar-refractivity contribution is 5.84. The summed E-state index contributed by atoms with van der Waals surface area (Å²) in [7, 11) is 2.01. The van der Waals surface area contributed by atoms with E-state index in [1.54, 1.807) is 0 Å². The number of phenolic OH excluding ortho intramolecular Hbond substituents is 1. The Morgan fingerprint density at radius 2 is 1.95 bits per heavy atom. The smallest absolute Gasteiger partial charge is 0.314 e. The number of benzene rings is 1. The molecule has 1 aromatic rings. The standard InChI is InChI=1S/C16H21NO3/c1-17-10-4-5-11-13(17)7-6-12(14(11)18)16(15(19)20)8-2-3-9-16/h6-7,18H,2-5,8-10H2,1H3,(H,19,20). The zero-order valence-electron chi connectivity index (χ0n) is 11.9. The molecule has 1 saturated carbocycles. The second kappa shape index (κ2) is 4.69. The molecule has 4 heteroatoms. The zero-order valence-corrected chi connectivity index (χ0v) is 11.9. The number of hydrogen-bond donors (Lipinski definition) is 2. The average Bonchev–Trinajstić information content (AvgIpc) is 2.91. The van der Waals surface area contributed by atoms with Gasteiger partial charge in [0.25, 0.3) is 0 Å². The molecule has 1 aliphatic carbocycles. The van der Waals surface area contributed by atoms with Crippen LogP contribution in [0.4, 0.5) is 5.69 Å². The molecule has 0 aromatic heterocycles. The monoisotopic (exact) mass is 275 g/mol. The minimum absolute atomic E-state index is 0.221. The van der Waals surface area contributed by atoms with E-state index in [9.17, 15) is 15.0 Å². The Hall–Kier alpha value is -1.71. The summed E-state index contributed by atoms with van der Waals surface area (Å²) >= 11 is 0. The highest BCUT2D eigenvalue weighted by atomic mass is 16.4. The van der Waals surface area contributed by atoms with E-state index >= 15 is 0 Å². The average molecular weight is 275 g/mol. The van der Waals surface area contributed by atoms with E-state index in [2.05, 4.69) is 4.90 Å². The van der Waals surface area contributed by atoms with Gasteiger partial charge < -0.3 is 15.1 Å². The third kappa shape index (κ3) is 1.78. The van der Waals surface area contributed by atoms with Crippen molar-refractivity contribution in [1.82, 2.24) is 0 Å². The van der Waals surface area contributed by atoms with Crippen molar-refractivity contribution in [3.05, 3.63) is 23.3 Å².